The van der Waals surface area contributed by atoms with E-state index in [0.717, 1.165) is 24.2 Å². The number of hydrogen-bond donors (Lipinski definition) is 0. The van der Waals surface area contributed by atoms with Gasteiger partial charge in [-0.1, -0.05) is 13.3 Å². The van der Waals surface area contributed by atoms with Crippen molar-refractivity contribution in [2.45, 2.75) is 26.2 Å². The van der Waals surface area contributed by atoms with Gasteiger partial charge in [-0.2, -0.15) is 0 Å². The Labute approximate surface area is 78.4 Å². The summed E-state index contributed by atoms with van der Waals surface area (Å²) in [6.07, 6.45) is 6.81. The number of esters is 1. The second-order valence-corrected chi connectivity index (χ2v) is 3.37. The van der Waals surface area contributed by atoms with Gasteiger partial charge < -0.3 is 4.74 Å². The van der Waals surface area contributed by atoms with E-state index in [1.807, 2.05) is 6.26 Å². The first kappa shape index (κ1) is 11.6. The van der Waals surface area contributed by atoms with Crippen LogP contribution in [0, 0.1) is 0 Å². The van der Waals surface area contributed by atoms with Gasteiger partial charge in [0.1, 0.15) is 0 Å². The fourth-order valence-corrected chi connectivity index (χ4v) is 1.34. The van der Waals surface area contributed by atoms with Crippen molar-refractivity contribution in [2.24, 2.45) is 0 Å². The second kappa shape index (κ2) is 7.22. The van der Waals surface area contributed by atoms with Gasteiger partial charge in [-0.15, -0.1) is 11.8 Å². The molecule has 0 aliphatic heterocycles. The number of thioether (sulfide) groups is 1. The highest BCUT2D eigenvalue weighted by Gasteiger charge is 1.99. The van der Waals surface area contributed by atoms with E-state index in [4.69, 9.17) is 0 Å². The Morgan fingerprint density at radius 1 is 1.58 bits per heavy atom. The molecule has 0 aliphatic carbocycles. The lowest BCUT2D eigenvalue weighted by molar-refractivity contribution is -0.134. The average Bonchev–Trinajstić information content (AvgIpc) is 2.11. The maximum atomic E-state index is 10.8. The van der Waals surface area contributed by atoms with Gasteiger partial charge in [0.05, 0.1) is 7.11 Å². The Balaban J connectivity index is 3.94. The molecule has 3 heteroatoms. The average molecular weight is 188 g/mol. The number of carbonyl (C=O) groups excluding carboxylic acids is 1. The van der Waals surface area contributed by atoms with Gasteiger partial charge in [0, 0.05) is 6.08 Å². The van der Waals surface area contributed by atoms with Crippen LogP contribution in [0.1, 0.15) is 26.2 Å². The molecule has 0 atom stereocenters. The van der Waals surface area contributed by atoms with Crippen LogP contribution >= 0.6 is 11.8 Å². The topological polar surface area (TPSA) is 26.3 Å². The molecule has 0 saturated heterocycles. The van der Waals surface area contributed by atoms with E-state index in [9.17, 15) is 4.79 Å². The summed E-state index contributed by atoms with van der Waals surface area (Å²) in [4.78, 5) is 11.9. The lowest BCUT2D eigenvalue weighted by Gasteiger charge is -2.01. The monoisotopic (exact) mass is 188 g/mol. The van der Waals surface area contributed by atoms with Crippen molar-refractivity contribution in [3.8, 4) is 0 Å². The number of unbranched alkanes of at least 4 members (excludes halogenated alkanes) is 1. The van der Waals surface area contributed by atoms with Crippen LogP contribution in [0.3, 0.4) is 0 Å². The first-order valence-electron chi connectivity index (χ1n) is 4.07. The minimum absolute atomic E-state index is 0.254. The summed E-state index contributed by atoms with van der Waals surface area (Å²) >= 11 is 1.61. The van der Waals surface area contributed by atoms with E-state index >= 15 is 0 Å². The maximum Gasteiger partial charge on any atom is 0.331 e. The van der Waals surface area contributed by atoms with Crippen LogP contribution in [-0.4, -0.2) is 19.3 Å². The molecule has 0 N–H and O–H groups in total. The molecule has 0 fully saturated rings. The highest BCUT2D eigenvalue weighted by molar-refractivity contribution is 8.02. The van der Waals surface area contributed by atoms with Crippen LogP contribution in [0.25, 0.3) is 0 Å². The van der Waals surface area contributed by atoms with Gasteiger partial charge in [0.15, 0.2) is 0 Å². The molecular weight excluding hydrogens is 172 g/mol. The third kappa shape index (κ3) is 5.24. The van der Waals surface area contributed by atoms with Crippen LogP contribution in [0.5, 0.6) is 0 Å². The second-order valence-electron chi connectivity index (χ2n) is 2.44. The molecule has 0 aromatic carbocycles. The largest absolute Gasteiger partial charge is 0.466 e. The summed E-state index contributed by atoms with van der Waals surface area (Å²) in [5.74, 6) is -0.254. The lowest BCUT2D eigenvalue weighted by Crippen LogP contribution is -1.95. The first-order chi connectivity index (χ1) is 5.74. The number of ether oxygens (including phenoxy) is 1. The molecule has 0 aliphatic rings. The predicted octanol–water partition coefficient (Wildman–Crippen LogP) is 2.60. The minimum atomic E-state index is -0.254. The van der Waals surface area contributed by atoms with Crippen molar-refractivity contribution in [3.05, 3.63) is 11.0 Å². The van der Waals surface area contributed by atoms with Crippen LogP contribution in [0.4, 0.5) is 0 Å². The van der Waals surface area contributed by atoms with E-state index in [0.29, 0.717) is 0 Å². The van der Waals surface area contributed by atoms with Crippen LogP contribution in [-0.2, 0) is 9.53 Å². The van der Waals surface area contributed by atoms with Crippen molar-refractivity contribution >= 4 is 17.7 Å². The number of hydrogen-bond acceptors (Lipinski definition) is 3. The molecule has 2 nitrogen and oxygen atoms in total. The van der Waals surface area contributed by atoms with Gasteiger partial charge in [-0.25, -0.2) is 4.79 Å². The SMILES string of the molecule is CCCC/C(=C\C(=O)OC)SC. The molecule has 12 heavy (non-hydrogen) atoms. The van der Waals surface area contributed by atoms with Crippen molar-refractivity contribution in [1.29, 1.82) is 0 Å². The summed E-state index contributed by atoms with van der Waals surface area (Å²) in [5.41, 5.74) is 0. The molecular formula is C9H16O2S. The summed E-state index contributed by atoms with van der Waals surface area (Å²) in [7, 11) is 1.40. The van der Waals surface area contributed by atoms with Gasteiger partial charge >= 0.3 is 5.97 Å². The smallest absolute Gasteiger partial charge is 0.331 e. The normalized spacial score (nSPS) is 11.4. The Bertz CT molecular complexity index is 164. The van der Waals surface area contributed by atoms with Crippen LogP contribution in [0.15, 0.2) is 11.0 Å². The fraction of sp³-hybridized carbons (Fsp3) is 0.667. The lowest BCUT2D eigenvalue weighted by atomic mass is 10.2. The standard InChI is InChI=1S/C9H16O2S/c1-4-5-6-8(12-3)7-9(10)11-2/h7H,4-6H2,1-3H3/b8-7+. The summed E-state index contributed by atoms with van der Waals surface area (Å²) < 4.78 is 4.53. The fourth-order valence-electron chi connectivity index (χ4n) is 0.775. The number of carbonyl (C=O) groups is 1. The summed E-state index contributed by atoms with van der Waals surface area (Å²) in [5, 5.41) is 0. The zero-order valence-corrected chi connectivity index (χ0v) is 8.74. The minimum Gasteiger partial charge on any atom is -0.466 e. The van der Waals surface area contributed by atoms with E-state index in [1.165, 1.54) is 7.11 Å². The Morgan fingerprint density at radius 3 is 2.67 bits per heavy atom. The quantitative estimate of drug-likeness (QED) is 0.490. The highest BCUT2D eigenvalue weighted by atomic mass is 32.2. The van der Waals surface area contributed by atoms with Gasteiger partial charge in [0.25, 0.3) is 0 Å². The molecule has 0 amide bonds. The third-order valence-electron chi connectivity index (χ3n) is 1.52. The van der Waals surface area contributed by atoms with Gasteiger partial charge in [-0.05, 0) is 24.0 Å². The zero-order valence-electron chi connectivity index (χ0n) is 7.92. The van der Waals surface area contributed by atoms with E-state index < -0.39 is 0 Å². The Hall–Kier alpha value is -0.440. The molecule has 0 unspecified atom stereocenters. The highest BCUT2D eigenvalue weighted by Crippen LogP contribution is 2.18. The summed E-state index contributed by atoms with van der Waals surface area (Å²) in [6, 6.07) is 0. The first-order valence-corrected chi connectivity index (χ1v) is 5.29. The van der Waals surface area contributed by atoms with Gasteiger partial charge in [-0.3, -0.25) is 0 Å². The molecule has 0 bridgehead atoms. The van der Waals surface area contributed by atoms with Crippen molar-refractivity contribution < 1.29 is 9.53 Å². The van der Waals surface area contributed by atoms with Crippen molar-refractivity contribution in [1.82, 2.24) is 0 Å². The van der Waals surface area contributed by atoms with Gasteiger partial charge in [0.2, 0.25) is 0 Å². The van der Waals surface area contributed by atoms with E-state index in [-0.39, 0.29) is 5.97 Å². The third-order valence-corrected chi connectivity index (χ3v) is 2.37. The molecule has 0 aromatic rings. The zero-order chi connectivity index (χ0) is 9.40. The van der Waals surface area contributed by atoms with Crippen molar-refractivity contribution in [3.63, 3.8) is 0 Å². The molecule has 0 rings (SSSR count). The predicted molar refractivity (Wildman–Crippen MR) is 53.1 cm³/mol. The van der Waals surface area contributed by atoms with Crippen molar-refractivity contribution in [2.75, 3.05) is 13.4 Å². The molecule has 0 aromatic heterocycles. The van der Waals surface area contributed by atoms with Crippen LogP contribution < -0.4 is 0 Å². The number of methoxy groups -OCH3 is 1. The molecule has 0 radical (unpaired) electrons. The summed E-state index contributed by atoms with van der Waals surface area (Å²) in [6.45, 7) is 2.14. The van der Waals surface area contributed by atoms with E-state index in [2.05, 4.69) is 11.7 Å². The number of rotatable bonds is 5. The van der Waals surface area contributed by atoms with E-state index in [1.54, 1.807) is 17.8 Å². The van der Waals surface area contributed by atoms with Crippen LogP contribution in [0.2, 0.25) is 0 Å². The Kier molecular flexibility index (Phi) is 6.96. The molecule has 0 spiro atoms. The number of allylic oxidation sites excluding steroid dienone is 1. The maximum absolute atomic E-state index is 10.8. The molecule has 0 heterocycles. The molecule has 70 valence electrons. The molecule has 0 saturated carbocycles. The Morgan fingerprint density at radius 2 is 2.25 bits per heavy atom.